The third-order valence-corrected chi connectivity index (χ3v) is 5.80. The van der Waals surface area contributed by atoms with Gasteiger partial charge >= 0.3 is 0 Å². The minimum atomic E-state index is -0.0173. The van der Waals surface area contributed by atoms with E-state index in [2.05, 4.69) is 65.6 Å². The minimum absolute atomic E-state index is 0.0173. The van der Waals surface area contributed by atoms with Crippen LogP contribution in [0.5, 0.6) is 0 Å². The highest BCUT2D eigenvalue weighted by atomic mass is 14.7. The van der Waals surface area contributed by atoms with Gasteiger partial charge in [0.05, 0.1) is 6.04 Å². The average Bonchev–Trinajstić information content (AvgIpc) is 3.10. The van der Waals surface area contributed by atoms with Gasteiger partial charge in [0.1, 0.15) is 0 Å². The molecule has 3 N–H and O–H groups in total. The minimum Gasteiger partial charge on any atom is -0.361 e. The first kappa shape index (κ1) is 22.8. The molecule has 2 unspecified atom stereocenters. The molecule has 1 aromatic rings. The monoisotopic (exact) mass is 358 g/mol. The van der Waals surface area contributed by atoms with Crippen LogP contribution in [-0.2, 0) is 0 Å². The van der Waals surface area contributed by atoms with Crippen molar-refractivity contribution in [1.82, 2.24) is 4.98 Å². The van der Waals surface area contributed by atoms with Crippen LogP contribution in [0.1, 0.15) is 104 Å². The van der Waals surface area contributed by atoms with Crippen LogP contribution in [0, 0.1) is 11.8 Å². The summed E-state index contributed by atoms with van der Waals surface area (Å²) in [7, 11) is 0. The second-order valence-electron chi connectivity index (χ2n) is 8.11. The van der Waals surface area contributed by atoms with E-state index < -0.39 is 0 Å². The van der Waals surface area contributed by atoms with Crippen molar-refractivity contribution < 1.29 is 0 Å². The summed E-state index contributed by atoms with van der Waals surface area (Å²) in [6, 6.07) is 2.14. The zero-order chi connectivity index (χ0) is 19.7. The molecule has 0 bridgehead atoms. The van der Waals surface area contributed by atoms with Crippen molar-refractivity contribution in [2.75, 3.05) is 0 Å². The maximum Gasteiger partial charge on any atom is 0.0532 e. The number of nitrogens with one attached hydrogen (secondary N) is 1. The number of hydrogen-bond acceptors (Lipinski definition) is 1. The van der Waals surface area contributed by atoms with E-state index in [1.54, 1.807) is 0 Å². The van der Waals surface area contributed by atoms with E-state index in [1.807, 2.05) is 6.20 Å². The Balaban J connectivity index is 3.04. The topological polar surface area (TPSA) is 41.8 Å². The molecule has 0 aliphatic carbocycles. The van der Waals surface area contributed by atoms with Crippen LogP contribution in [0.4, 0.5) is 0 Å². The quantitative estimate of drug-likeness (QED) is 0.397. The third-order valence-electron chi connectivity index (χ3n) is 5.80. The second kappa shape index (κ2) is 11.4. The fraction of sp³-hybridized carbons (Fsp3) is 0.667. The van der Waals surface area contributed by atoms with Gasteiger partial charge < -0.3 is 10.7 Å². The Hall–Kier alpha value is -1.28. The van der Waals surface area contributed by atoms with Gasteiger partial charge in [-0.2, -0.15) is 0 Å². The van der Waals surface area contributed by atoms with Crippen LogP contribution in [-0.4, -0.2) is 4.98 Å². The molecule has 0 spiro atoms. The van der Waals surface area contributed by atoms with Gasteiger partial charge in [0.15, 0.2) is 0 Å². The Labute approximate surface area is 162 Å². The smallest absolute Gasteiger partial charge is 0.0532 e. The van der Waals surface area contributed by atoms with Crippen molar-refractivity contribution in [1.29, 1.82) is 0 Å². The Morgan fingerprint density at radius 1 is 1.19 bits per heavy atom. The van der Waals surface area contributed by atoms with E-state index in [0.717, 1.165) is 12.3 Å². The summed E-state index contributed by atoms with van der Waals surface area (Å²) in [4.78, 5) is 3.44. The third kappa shape index (κ3) is 6.46. The maximum absolute atomic E-state index is 6.70. The summed E-state index contributed by atoms with van der Waals surface area (Å²) in [5.41, 5.74) is 13.3. The van der Waals surface area contributed by atoms with Crippen molar-refractivity contribution in [3.8, 4) is 0 Å². The van der Waals surface area contributed by atoms with Gasteiger partial charge in [0, 0.05) is 11.9 Å². The van der Waals surface area contributed by atoms with Crippen LogP contribution in [0.25, 0.3) is 5.57 Å². The summed E-state index contributed by atoms with van der Waals surface area (Å²) < 4.78 is 0. The number of unbranched alkanes of at least 4 members (excludes halogenated alkanes) is 1. The Morgan fingerprint density at radius 2 is 1.88 bits per heavy atom. The maximum atomic E-state index is 6.70. The lowest BCUT2D eigenvalue weighted by Gasteiger charge is -2.19. The summed E-state index contributed by atoms with van der Waals surface area (Å²) in [5.74, 6) is 1.36. The number of hydrogen-bond donors (Lipinski definition) is 2. The van der Waals surface area contributed by atoms with E-state index in [-0.39, 0.29) is 6.04 Å². The number of nitrogens with two attached hydrogens (primary N) is 1. The SMILES string of the molecule is CCCC/C(CC)=C(\C)[C@H](N)c1cc[nH]c1/C(C)=C\C(C)CC(C)CC. The average molecular weight is 359 g/mol. The molecule has 0 fully saturated rings. The first-order valence-corrected chi connectivity index (χ1v) is 10.7. The van der Waals surface area contributed by atoms with E-state index in [9.17, 15) is 0 Å². The van der Waals surface area contributed by atoms with Crippen molar-refractivity contribution in [3.05, 3.63) is 40.7 Å². The highest BCUT2D eigenvalue weighted by molar-refractivity contribution is 5.65. The molecule has 1 rings (SSSR count). The van der Waals surface area contributed by atoms with Gasteiger partial charge in [0.2, 0.25) is 0 Å². The molecule has 0 radical (unpaired) electrons. The zero-order valence-electron chi connectivity index (χ0n) is 18.3. The van der Waals surface area contributed by atoms with Gasteiger partial charge in [-0.05, 0) is 68.6 Å². The van der Waals surface area contributed by atoms with Crippen LogP contribution >= 0.6 is 0 Å². The number of allylic oxidation sites excluding steroid dienone is 3. The molecule has 0 saturated carbocycles. The van der Waals surface area contributed by atoms with Gasteiger partial charge in [0.25, 0.3) is 0 Å². The lowest BCUT2D eigenvalue weighted by atomic mass is 9.90. The Bertz CT molecular complexity index is 591. The summed E-state index contributed by atoms with van der Waals surface area (Å²) in [6.45, 7) is 15.9. The predicted octanol–water partition coefficient (Wildman–Crippen LogP) is 7.41. The lowest BCUT2D eigenvalue weighted by Crippen LogP contribution is -2.14. The number of aromatic nitrogens is 1. The molecule has 148 valence electrons. The van der Waals surface area contributed by atoms with E-state index >= 15 is 0 Å². The lowest BCUT2D eigenvalue weighted by molar-refractivity contribution is 0.455. The van der Waals surface area contributed by atoms with Crippen LogP contribution < -0.4 is 5.73 Å². The molecule has 0 aliphatic heterocycles. The number of H-pyrrole nitrogens is 1. The van der Waals surface area contributed by atoms with E-state index in [4.69, 9.17) is 5.73 Å². The van der Waals surface area contributed by atoms with Crippen molar-refractivity contribution in [2.24, 2.45) is 17.6 Å². The second-order valence-corrected chi connectivity index (χ2v) is 8.11. The van der Waals surface area contributed by atoms with E-state index in [0.29, 0.717) is 5.92 Å². The van der Waals surface area contributed by atoms with Crippen LogP contribution in [0.3, 0.4) is 0 Å². The number of aromatic amines is 1. The molecule has 0 saturated heterocycles. The van der Waals surface area contributed by atoms with Crippen LogP contribution in [0.2, 0.25) is 0 Å². The molecule has 26 heavy (non-hydrogen) atoms. The van der Waals surface area contributed by atoms with Crippen LogP contribution in [0.15, 0.2) is 29.5 Å². The molecular formula is C24H42N2. The highest BCUT2D eigenvalue weighted by Crippen LogP contribution is 2.31. The summed E-state index contributed by atoms with van der Waals surface area (Å²) >= 11 is 0. The molecule has 0 amide bonds. The predicted molar refractivity (Wildman–Crippen MR) is 117 cm³/mol. The van der Waals surface area contributed by atoms with Crippen molar-refractivity contribution in [2.45, 2.75) is 93.0 Å². The summed E-state index contributed by atoms with van der Waals surface area (Å²) in [6.07, 6.45) is 11.7. The first-order chi connectivity index (χ1) is 12.3. The summed E-state index contributed by atoms with van der Waals surface area (Å²) in [5, 5.41) is 0. The molecule has 0 aliphatic rings. The molecule has 2 heteroatoms. The van der Waals surface area contributed by atoms with Gasteiger partial charge in [-0.1, -0.05) is 64.7 Å². The fourth-order valence-corrected chi connectivity index (χ4v) is 3.86. The molecular weight excluding hydrogens is 316 g/mol. The standard InChI is InChI=1S/C24H42N2/c1-8-11-12-21(10-3)20(7)23(25)22-13-14-26-24(22)19(6)16-18(5)15-17(4)9-2/h13-14,16-18,23,26H,8-12,15,25H2,1-7H3/b19-16-,21-20+/t17?,18?,23-/m0/s1. The highest BCUT2D eigenvalue weighted by Gasteiger charge is 2.17. The van der Waals surface area contributed by atoms with Crippen molar-refractivity contribution in [3.63, 3.8) is 0 Å². The normalized spacial score (nSPS) is 17.0. The molecule has 3 atom stereocenters. The fourth-order valence-electron chi connectivity index (χ4n) is 3.86. The molecule has 2 nitrogen and oxygen atoms in total. The van der Waals surface area contributed by atoms with Gasteiger partial charge in [-0.25, -0.2) is 0 Å². The largest absolute Gasteiger partial charge is 0.361 e. The number of rotatable bonds is 11. The van der Waals surface area contributed by atoms with Crippen molar-refractivity contribution >= 4 is 5.57 Å². The first-order valence-electron chi connectivity index (χ1n) is 10.7. The Kier molecular flexibility index (Phi) is 10.0. The molecule has 0 aromatic carbocycles. The molecule has 1 heterocycles. The van der Waals surface area contributed by atoms with E-state index in [1.165, 1.54) is 60.1 Å². The van der Waals surface area contributed by atoms with Gasteiger partial charge in [-0.3, -0.25) is 0 Å². The zero-order valence-corrected chi connectivity index (χ0v) is 18.3. The molecule has 1 aromatic heterocycles. The van der Waals surface area contributed by atoms with Gasteiger partial charge in [-0.15, -0.1) is 0 Å². The Morgan fingerprint density at radius 3 is 2.46 bits per heavy atom.